The zero-order chi connectivity index (χ0) is 29.8. The minimum atomic E-state index is -3.10. The van der Waals surface area contributed by atoms with E-state index in [-0.39, 0.29) is 5.41 Å². The monoisotopic (exact) mass is 732 g/mol. The number of hydrogen-bond donors (Lipinski definition) is 0. The fourth-order valence-electron chi connectivity index (χ4n) is 9.21. The maximum atomic E-state index is 2.75. The molecule has 6 aromatic carbocycles. The van der Waals surface area contributed by atoms with Gasteiger partial charge in [-0.15, -0.1) is 0 Å². The maximum absolute atomic E-state index is 3.10. The molecule has 0 nitrogen and oxygen atoms in total. The molecule has 2 unspecified atom stereocenters. The van der Waals surface area contributed by atoms with E-state index in [1.54, 1.807) is 22.3 Å². The molecule has 212 valence electrons. The van der Waals surface area contributed by atoms with Gasteiger partial charge in [0.1, 0.15) is 0 Å². The average molecular weight is 731 g/mol. The summed E-state index contributed by atoms with van der Waals surface area (Å²) in [5.41, 5.74) is 14.9. The van der Waals surface area contributed by atoms with Crippen LogP contribution in [0.15, 0.2) is 132 Å². The Hall–Kier alpha value is -3.81. The van der Waals surface area contributed by atoms with Gasteiger partial charge in [0, 0.05) is 0 Å². The molecule has 0 aromatic heterocycles. The van der Waals surface area contributed by atoms with Gasteiger partial charge in [-0.25, -0.2) is 0 Å². The van der Waals surface area contributed by atoms with Crippen LogP contribution in [-0.2, 0) is 20.0 Å². The molecule has 1 heteroatoms. The van der Waals surface area contributed by atoms with Crippen LogP contribution in [0.3, 0.4) is 0 Å². The van der Waals surface area contributed by atoms with Crippen molar-refractivity contribution < 1.29 is 20.0 Å². The van der Waals surface area contributed by atoms with Crippen LogP contribution in [0.1, 0.15) is 43.5 Å². The topological polar surface area (TPSA) is 0 Å². The first-order chi connectivity index (χ1) is 21.4. The van der Waals surface area contributed by atoms with Crippen LogP contribution in [0.4, 0.5) is 0 Å². The second kappa shape index (κ2) is 9.35. The van der Waals surface area contributed by atoms with Crippen LogP contribution in [0.25, 0.3) is 56.0 Å². The molecule has 9 rings (SSSR count). The van der Waals surface area contributed by atoms with E-state index in [1.165, 1.54) is 54.9 Å². The number of hydrogen-bond acceptors (Lipinski definition) is 0. The van der Waals surface area contributed by atoms with E-state index in [4.69, 9.17) is 0 Å². The number of rotatable bonds is 2. The predicted octanol–water partition coefficient (Wildman–Crippen LogP) is 12.2. The van der Waals surface area contributed by atoms with Gasteiger partial charge in [-0.2, -0.15) is 0 Å². The van der Waals surface area contributed by atoms with Crippen LogP contribution in [0.2, 0.25) is 9.36 Å². The van der Waals surface area contributed by atoms with Crippen molar-refractivity contribution in [2.45, 2.75) is 30.6 Å². The number of benzene rings is 6. The Kier molecular flexibility index (Phi) is 5.65. The van der Waals surface area contributed by atoms with Gasteiger partial charge < -0.3 is 0 Å². The first kappa shape index (κ1) is 26.6. The van der Waals surface area contributed by atoms with E-state index in [9.17, 15) is 0 Å². The summed E-state index contributed by atoms with van der Waals surface area (Å²) in [6, 6.07) is 45.6. The summed E-state index contributed by atoms with van der Waals surface area (Å²) < 4.78 is 6.66. The molecule has 1 heterocycles. The summed E-state index contributed by atoms with van der Waals surface area (Å²) in [5, 5.41) is 5.30. The number of allylic oxidation sites excluding steroid dienone is 2. The van der Waals surface area contributed by atoms with Crippen molar-refractivity contribution in [3.63, 3.8) is 0 Å². The van der Waals surface area contributed by atoms with Gasteiger partial charge in [0.05, 0.1) is 0 Å². The SMILES string of the molecule is CC1(C)C2=Cc3c(-c4cccc5ccccc45)cccc3[CH]2[Hf]([CH3])([CH3])[CH]2C1=Cc1c(-c3cccc4ccccc34)cccc12. The van der Waals surface area contributed by atoms with Crippen LogP contribution in [-0.4, -0.2) is 0 Å². The second-order valence-electron chi connectivity index (χ2n) is 14.2. The summed E-state index contributed by atoms with van der Waals surface area (Å²) in [6.07, 6.45) is 5.26. The van der Waals surface area contributed by atoms with E-state index in [2.05, 4.69) is 157 Å². The third-order valence-corrected chi connectivity index (χ3v) is 26.4. The summed E-state index contributed by atoms with van der Waals surface area (Å²) in [5.74, 6) is 0. The molecule has 1 aliphatic heterocycles. The predicted molar refractivity (Wildman–Crippen MR) is 186 cm³/mol. The van der Waals surface area contributed by atoms with E-state index >= 15 is 0 Å². The molecule has 2 atom stereocenters. The minimum absolute atomic E-state index is 0.00501. The van der Waals surface area contributed by atoms with Crippen molar-refractivity contribution in [3.05, 3.63) is 155 Å². The molecular formula is C43H36Hf. The van der Waals surface area contributed by atoms with Crippen LogP contribution in [0, 0.1) is 5.41 Å². The van der Waals surface area contributed by atoms with Gasteiger partial charge in [-0.3, -0.25) is 0 Å². The van der Waals surface area contributed by atoms with Crippen LogP contribution in [0.5, 0.6) is 0 Å². The normalized spacial score (nSPS) is 20.5. The molecule has 0 amide bonds. The van der Waals surface area contributed by atoms with Crippen molar-refractivity contribution in [1.29, 1.82) is 0 Å². The fraction of sp³-hybridized carbons (Fsp3) is 0.163. The standard InChI is InChI=1S/C41H30.2CH3.Hf/c1-41(2,31-23-29-15-9-21-37(39(29)25-31)35-19-7-13-27-11-3-5-17-33(27)35)32-24-30-16-10-22-38(40(30)26-32)36-20-8-14-28-12-4-6-18-34(28)36;;;/h3-26H,1-2H3;2*1H3;. The first-order valence-corrected chi connectivity index (χ1v) is 27.4. The molecule has 6 aromatic rings. The Labute approximate surface area is 265 Å². The summed E-state index contributed by atoms with van der Waals surface area (Å²) in [6.45, 7) is 5.03. The quantitative estimate of drug-likeness (QED) is 0.156. The van der Waals surface area contributed by atoms with E-state index < -0.39 is 20.0 Å². The van der Waals surface area contributed by atoms with Crippen molar-refractivity contribution in [1.82, 2.24) is 0 Å². The van der Waals surface area contributed by atoms with Gasteiger partial charge >= 0.3 is 267 Å². The molecule has 3 aliphatic rings. The van der Waals surface area contributed by atoms with Gasteiger partial charge in [0.2, 0.25) is 0 Å². The summed E-state index contributed by atoms with van der Waals surface area (Å²) in [4.78, 5) is 0. The molecule has 1 saturated heterocycles. The Morgan fingerprint density at radius 3 is 1.32 bits per heavy atom. The fourth-order valence-corrected chi connectivity index (χ4v) is 26.9. The van der Waals surface area contributed by atoms with E-state index in [1.807, 2.05) is 0 Å². The molecule has 44 heavy (non-hydrogen) atoms. The molecule has 0 N–H and O–H groups in total. The molecule has 2 aliphatic carbocycles. The molecule has 1 fully saturated rings. The van der Waals surface area contributed by atoms with Crippen LogP contribution >= 0.6 is 0 Å². The van der Waals surface area contributed by atoms with Crippen molar-refractivity contribution in [3.8, 4) is 22.3 Å². The van der Waals surface area contributed by atoms with Gasteiger partial charge in [-0.05, 0) is 0 Å². The van der Waals surface area contributed by atoms with Gasteiger partial charge in [-0.1, -0.05) is 0 Å². The molecule has 0 saturated carbocycles. The van der Waals surface area contributed by atoms with Crippen LogP contribution < -0.4 is 0 Å². The third kappa shape index (κ3) is 3.54. The Bertz CT molecular complexity index is 2070. The van der Waals surface area contributed by atoms with Gasteiger partial charge in [0.25, 0.3) is 0 Å². The summed E-state index contributed by atoms with van der Waals surface area (Å²) >= 11 is -3.10. The second-order valence-corrected chi connectivity index (χ2v) is 31.4. The Balaban J connectivity index is 1.25. The average Bonchev–Trinajstić information content (AvgIpc) is 3.66. The van der Waals surface area contributed by atoms with Crippen molar-refractivity contribution in [2.75, 3.05) is 0 Å². The van der Waals surface area contributed by atoms with E-state index in [0.717, 1.165) is 0 Å². The molecule has 0 radical (unpaired) electrons. The van der Waals surface area contributed by atoms with Gasteiger partial charge in [0.15, 0.2) is 0 Å². The molecule has 0 bridgehead atoms. The number of fused-ring (bicyclic) bond motifs is 8. The van der Waals surface area contributed by atoms with Crippen molar-refractivity contribution >= 4 is 33.7 Å². The first-order valence-electron chi connectivity index (χ1n) is 16.0. The molecular weight excluding hydrogens is 695 g/mol. The van der Waals surface area contributed by atoms with E-state index in [0.29, 0.717) is 7.35 Å². The summed E-state index contributed by atoms with van der Waals surface area (Å²) in [7, 11) is 0. The molecule has 0 spiro atoms. The zero-order valence-electron chi connectivity index (χ0n) is 25.9. The Morgan fingerprint density at radius 1 is 0.455 bits per heavy atom. The zero-order valence-corrected chi connectivity index (χ0v) is 29.4. The van der Waals surface area contributed by atoms with Crippen molar-refractivity contribution in [2.24, 2.45) is 5.41 Å². The Morgan fingerprint density at radius 2 is 0.841 bits per heavy atom. The third-order valence-electron chi connectivity index (χ3n) is 11.2.